The Balaban J connectivity index is 1.05. The number of carbonyl (C=O) groups excluding carboxylic acids is 1. The van der Waals surface area contributed by atoms with Gasteiger partial charge in [-0.1, -0.05) is 6.58 Å². The zero-order chi connectivity index (χ0) is 30.5. The number of amidine groups is 1. The zero-order valence-electron chi connectivity index (χ0n) is 25.6. The molecule has 9 heteroatoms. The van der Waals surface area contributed by atoms with Crippen LogP contribution in [0.1, 0.15) is 69.6 Å². The van der Waals surface area contributed by atoms with E-state index in [0.717, 1.165) is 37.3 Å². The molecule has 1 amide bonds. The Labute approximate surface area is 262 Å². The molecule has 2 bridgehead atoms. The Morgan fingerprint density at radius 3 is 2.52 bits per heavy atom. The first kappa shape index (κ1) is 28.8. The van der Waals surface area contributed by atoms with E-state index >= 15 is 0 Å². The monoisotopic (exact) mass is 610 g/mol. The predicted molar refractivity (Wildman–Crippen MR) is 179 cm³/mol. The summed E-state index contributed by atoms with van der Waals surface area (Å²) in [7, 11) is 6.23. The van der Waals surface area contributed by atoms with Gasteiger partial charge in [0.25, 0.3) is 5.91 Å². The highest BCUT2D eigenvalue weighted by molar-refractivity contribution is 7.14. The highest BCUT2D eigenvalue weighted by atomic mass is 32.1. The van der Waals surface area contributed by atoms with E-state index in [-0.39, 0.29) is 11.6 Å². The zero-order valence-corrected chi connectivity index (χ0v) is 26.4. The van der Waals surface area contributed by atoms with Gasteiger partial charge in [-0.15, -0.1) is 11.3 Å². The Hall–Kier alpha value is -3.95. The van der Waals surface area contributed by atoms with Gasteiger partial charge in [-0.3, -0.25) is 4.79 Å². The lowest BCUT2D eigenvalue weighted by molar-refractivity contribution is 0.103. The van der Waals surface area contributed by atoms with Crippen molar-refractivity contribution in [2.45, 2.75) is 50.0 Å². The summed E-state index contributed by atoms with van der Waals surface area (Å²) in [6.07, 6.45) is 7.83. The Kier molecular flexibility index (Phi) is 7.54. The van der Waals surface area contributed by atoms with E-state index < -0.39 is 5.82 Å². The number of piperidine rings is 1. The number of halogens is 1. The lowest BCUT2D eigenvalue weighted by Gasteiger charge is -2.36. The van der Waals surface area contributed by atoms with Crippen molar-refractivity contribution in [1.29, 1.82) is 0 Å². The van der Waals surface area contributed by atoms with Gasteiger partial charge in [0.2, 0.25) is 0 Å². The van der Waals surface area contributed by atoms with Gasteiger partial charge in [-0.2, -0.15) is 0 Å². The summed E-state index contributed by atoms with van der Waals surface area (Å²) in [5.41, 5.74) is 5.67. The second kappa shape index (κ2) is 11.5. The molecule has 2 aliphatic heterocycles. The number of aliphatic imine (C=N–C) groups is 1. The summed E-state index contributed by atoms with van der Waals surface area (Å²) in [6, 6.07) is 15.8. The van der Waals surface area contributed by atoms with Crippen LogP contribution in [0.3, 0.4) is 0 Å². The highest BCUT2D eigenvalue weighted by Crippen LogP contribution is 2.56. The van der Waals surface area contributed by atoms with Gasteiger partial charge >= 0.3 is 0 Å². The number of anilines is 3. The number of likely N-dealkylation sites (N-methyl/N-ethyl adjacent to an activating group) is 1. The van der Waals surface area contributed by atoms with E-state index in [1.54, 1.807) is 23.5 Å². The normalized spacial score (nSPS) is 21.4. The summed E-state index contributed by atoms with van der Waals surface area (Å²) in [4.78, 5) is 26.7. The van der Waals surface area contributed by atoms with Crippen LogP contribution in [0.25, 0.3) is 5.70 Å². The molecule has 7 nitrogen and oxygen atoms in total. The van der Waals surface area contributed by atoms with Gasteiger partial charge in [0, 0.05) is 54.2 Å². The van der Waals surface area contributed by atoms with E-state index in [1.807, 2.05) is 24.2 Å². The number of hydrogen-bond acceptors (Lipinski definition) is 7. The molecule has 2 aromatic carbocycles. The van der Waals surface area contributed by atoms with Gasteiger partial charge < -0.3 is 25.3 Å². The van der Waals surface area contributed by atoms with Crippen molar-refractivity contribution in [3.8, 4) is 0 Å². The summed E-state index contributed by atoms with van der Waals surface area (Å²) in [5, 5.41) is 6.25. The van der Waals surface area contributed by atoms with Crippen molar-refractivity contribution in [2.24, 2.45) is 4.99 Å². The Morgan fingerprint density at radius 1 is 1.05 bits per heavy atom. The molecule has 3 heterocycles. The highest BCUT2D eigenvalue weighted by Gasteiger charge is 2.39. The van der Waals surface area contributed by atoms with Crippen LogP contribution in [0.5, 0.6) is 0 Å². The molecule has 228 valence electrons. The molecule has 1 saturated heterocycles. The van der Waals surface area contributed by atoms with Crippen molar-refractivity contribution >= 4 is 45.8 Å². The lowest BCUT2D eigenvalue weighted by Crippen LogP contribution is -2.41. The summed E-state index contributed by atoms with van der Waals surface area (Å²) in [6.45, 7) is 6.31. The van der Waals surface area contributed by atoms with Crippen molar-refractivity contribution in [2.75, 3.05) is 49.8 Å². The molecule has 44 heavy (non-hydrogen) atoms. The number of amides is 1. The SMILES string of the molecule is C=C1C(Nc2ccc(N3CCC(N(C)C)CC3)cc2)=NC(c2ccc(F)c(NC(=O)c3cc4c(s3)C3CCC4C3)c2)=CN1C. The fraction of sp³-hybridized carbons (Fsp3) is 0.371. The van der Waals surface area contributed by atoms with E-state index in [1.165, 1.54) is 41.5 Å². The average Bonchev–Trinajstić information content (AvgIpc) is 3.76. The number of carbonyl (C=O) groups is 1. The third-order valence-corrected chi connectivity index (χ3v) is 11.0. The standard InChI is InChI=1S/C35H39FN6OS/c1-21-34(37-25-8-10-27(11-9-25)42-15-13-26(14-16-42)40(2)3)38-31(20-41(21)4)23-7-12-29(36)30(18-23)39-35(43)32-19-28-22-5-6-24(17-22)33(28)44-32/h7-12,18-20,22,24,26H,1,5-6,13-17H2,2-4H3,(H,37,38)(H,39,43). The number of rotatable bonds is 6. The molecule has 2 unspecified atom stereocenters. The maximum absolute atomic E-state index is 14.9. The number of fused-ring (bicyclic) bond motifs is 5. The molecule has 4 aliphatic rings. The van der Waals surface area contributed by atoms with E-state index in [9.17, 15) is 9.18 Å². The van der Waals surface area contributed by atoms with Crippen LogP contribution >= 0.6 is 11.3 Å². The van der Waals surface area contributed by atoms with Crippen LogP contribution in [-0.2, 0) is 0 Å². The van der Waals surface area contributed by atoms with Gasteiger partial charge in [0.1, 0.15) is 5.82 Å². The maximum atomic E-state index is 14.9. The number of hydrogen-bond donors (Lipinski definition) is 2. The fourth-order valence-corrected chi connectivity index (χ4v) is 8.34. The molecular weight excluding hydrogens is 571 g/mol. The van der Waals surface area contributed by atoms with Crippen LogP contribution in [0.2, 0.25) is 0 Å². The average molecular weight is 611 g/mol. The van der Waals surface area contributed by atoms with Crippen LogP contribution in [0.4, 0.5) is 21.5 Å². The largest absolute Gasteiger partial charge is 0.371 e. The lowest BCUT2D eigenvalue weighted by atomic mass is 9.99. The third kappa shape index (κ3) is 5.43. The fourth-order valence-electron chi connectivity index (χ4n) is 7.05. The Bertz CT molecular complexity index is 1640. The second-order valence-corrected chi connectivity index (χ2v) is 13.8. The molecule has 7 rings (SSSR count). The van der Waals surface area contributed by atoms with Crippen LogP contribution in [-0.4, -0.2) is 61.8 Å². The molecule has 2 aliphatic carbocycles. The first-order chi connectivity index (χ1) is 21.2. The van der Waals surface area contributed by atoms with Crippen molar-refractivity contribution in [3.05, 3.63) is 93.7 Å². The number of benzene rings is 2. The predicted octanol–water partition coefficient (Wildman–Crippen LogP) is 7.30. The first-order valence-electron chi connectivity index (χ1n) is 15.5. The topological polar surface area (TPSA) is 63.2 Å². The molecule has 3 aromatic rings. The van der Waals surface area contributed by atoms with Crippen molar-refractivity contribution in [1.82, 2.24) is 9.80 Å². The molecule has 0 radical (unpaired) electrons. The molecule has 2 atom stereocenters. The number of nitrogens with one attached hydrogen (secondary N) is 2. The first-order valence-corrected chi connectivity index (χ1v) is 16.3. The van der Waals surface area contributed by atoms with E-state index in [0.29, 0.717) is 39.9 Å². The Morgan fingerprint density at radius 2 is 1.80 bits per heavy atom. The van der Waals surface area contributed by atoms with Crippen molar-refractivity contribution < 1.29 is 9.18 Å². The molecule has 1 saturated carbocycles. The minimum absolute atomic E-state index is 0.145. The summed E-state index contributed by atoms with van der Waals surface area (Å²) in [5.74, 6) is 1.05. The van der Waals surface area contributed by atoms with Crippen LogP contribution < -0.4 is 15.5 Å². The van der Waals surface area contributed by atoms with Gasteiger partial charge in [0.15, 0.2) is 5.84 Å². The quantitative estimate of drug-likeness (QED) is 0.307. The minimum Gasteiger partial charge on any atom is -0.371 e. The van der Waals surface area contributed by atoms with Crippen LogP contribution in [0.15, 0.2) is 72.0 Å². The number of nitrogens with zero attached hydrogens (tertiary/aromatic N) is 4. The summed E-state index contributed by atoms with van der Waals surface area (Å²) < 4.78 is 14.9. The van der Waals surface area contributed by atoms with E-state index in [2.05, 4.69) is 65.4 Å². The van der Waals surface area contributed by atoms with Gasteiger partial charge in [-0.05, 0) is 112 Å². The van der Waals surface area contributed by atoms with E-state index in [4.69, 9.17) is 4.99 Å². The molecular formula is C35H39FN6OS. The van der Waals surface area contributed by atoms with Crippen LogP contribution in [0, 0.1) is 5.82 Å². The minimum atomic E-state index is -0.478. The molecule has 2 fully saturated rings. The van der Waals surface area contributed by atoms with Crippen molar-refractivity contribution in [3.63, 3.8) is 0 Å². The summed E-state index contributed by atoms with van der Waals surface area (Å²) >= 11 is 1.57. The molecule has 0 spiro atoms. The molecule has 2 N–H and O–H groups in total. The maximum Gasteiger partial charge on any atom is 0.265 e. The number of thiophene rings is 1. The molecule has 1 aromatic heterocycles. The second-order valence-electron chi connectivity index (χ2n) is 12.7. The van der Waals surface area contributed by atoms with Gasteiger partial charge in [-0.25, -0.2) is 9.38 Å². The van der Waals surface area contributed by atoms with Gasteiger partial charge in [0.05, 0.1) is 22.0 Å². The third-order valence-electron chi connectivity index (χ3n) is 9.71. The smallest absolute Gasteiger partial charge is 0.265 e.